The van der Waals surface area contributed by atoms with E-state index in [1.165, 1.54) is 22.6 Å². The van der Waals surface area contributed by atoms with Gasteiger partial charge in [-0.15, -0.1) is 0 Å². The third-order valence-electron chi connectivity index (χ3n) is 2.55. The molecule has 2 N–H and O–H groups in total. The molecule has 1 rings (SSSR count). The summed E-state index contributed by atoms with van der Waals surface area (Å²) in [5.41, 5.74) is -3.94. The molecule has 1 amide bonds. The number of carbonyl (C=O) groups is 1. The van der Waals surface area contributed by atoms with Crippen molar-refractivity contribution in [1.82, 2.24) is 0 Å². The summed E-state index contributed by atoms with van der Waals surface area (Å²) in [6, 6.07) is 1.93. The van der Waals surface area contributed by atoms with Crippen LogP contribution in [-0.2, 0) is 13.8 Å². The van der Waals surface area contributed by atoms with Gasteiger partial charge in [0.1, 0.15) is 0 Å². The molecule has 1 atom stereocenters. The van der Waals surface area contributed by atoms with Crippen LogP contribution in [0.25, 0.3) is 0 Å². The SMILES string of the molecule is CC(O)(C(=O)Nc1ccc(S(=O)(=O)Cl)c(I)c1Cl)C(F)(F)F. The highest BCUT2D eigenvalue weighted by Crippen LogP contribution is 2.36. The molecule has 1 aromatic rings. The van der Waals surface area contributed by atoms with Crippen LogP contribution in [-0.4, -0.2) is 31.2 Å². The van der Waals surface area contributed by atoms with E-state index in [4.69, 9.17) is 22.3 Å². The predicted octanol–water partition coefficient (Wildman–Crippen LogP) is 3.12. The first-order valence-corrected chi connectivity index (χ1v) is 8.99. The van der Waals surface area contributed by atoms with E-state index in [2.05, 4.69) is 0 Å². The van der Waals surface area contributed by atoms with Gasteiger partial charge in [0, 0.05) is 10.7 Å². The van der Waals surface area contributed by atoms with Crippen molar-refractivity contribution < 1.29 is 31.5 Å². The van der Waals surface area contributed by atoms with Gasteiger partial charge in [0.25, 0.3) is 15.0 Å². The molecule has 1 unspecified atom stereocenters. The van der Waals surface area contributed by atoms with Gasteiger partial charge < -0.3 is 10.4 Å². The molecule has 124 valence electrons. The van der Waals surface area contributed by atoms with Gasteiger partial charge in [-0.1, -0.05) is 11.6 Å². The zero-order chi connectivity index (χ0) is 17.5. The zero-order valence-electron chi connectivity index (χ0n) is 10.5. The molecule has 5 nitrogen and oxygen atoms in total. The van der Waals surface area contributed by atoms with Crippen molar-refractivity contribution in [2.24, 2.45) is 0 Å². The van der Waals surface area contributed by atoms with Crippen LogP contribution < -0.4 is 5.32 Å². The number of hydrogen-bond acceptors (Lipinski definition) is 4. The molecular formula is C10H7Cl2F3INO4S. The second kappa shape index (κ2) is 6.30. The number of alkyl halides is 3. The van der Waals surface area contributed by atoms with Crippen molar-refractivity contribution in [3.8, 4) is 0 Å². The first-order chi connectivity index (χ1) is 9.69. The summed E-state index contributed by atoms with van der Waals surface area (Å²) < 4.78 is 60.1. The molecule has 1 aromatic carbocycles. The Bertz CT molecular complexity index is 722. The van der Waals surface area contributed by atoms with Crippen LogP contribution in [0.15, 0.2) is 17.0 Å². The van der Waals surface area contributed by atoms with Crippen LogP contribution in [0.1, 0.15) is 6.92 Å². The Balaban J connectivity index is 3.22. The maximum Gasteiger partial charge on any atom is 0.426 e. The second-order valence-electron chi connectivity index (χ2n) is 4.20. The molecule has 12 heteroatoms. The van der Waals surface area contributed by atoms with Gasteiger partial charge in [0.05, 0.1) is 19.2 Å². The van der Waals surface area contributed by atoms with Crippen LogP contribution in [0.5, 0.6) is 0 Å². The number of hydrogen-bond donors (Lipinski definition) is 2. The van der Waals surface area contributed by atoms with Crippen LogP contribution in [0, 0.1) is 3.57 Å². The second-order valence-corrected chi connectivity index (χ2v) is 8.19. The molecule has 0 aliphatic carbocycles. The van der Waals surface area contributed by atoms with Crippen molar-refractivity contribution in [3.05, 3.63) is 20.7 Å². The summed E-state index contributed by atoms with van der Waals surface area (Å²) in [4.78, 5) is 11.2. The molecule has 0 heterocycles. The first kappa shape index (κ1) is 19.7. The van der Waals surface area contributed by atoms with Gasteiger partial charge >= 0.3 is 6.18 Å². The topological polar surface area (TPSA) is 83.5 Å². The highest BCUT2D eigenvalue weighted by atomic mass is 127. The summed E-state index contributed by atoms with van der Waals surface area (Å²) in [6.07, 6.45) is -5.20. The Morgan fingerprint density at radius 1 is 1.36 bits per heavy atom. The molecule has 0 aliphatic rings. The number of benzene rings is 1. The number of carbonyl (C=O) groups excluding carboxylic acids is 1. The number of nitrogens with one attached hydrogen (secondary N) is 1. The molecule has 0 radical (unpaired) electrons. The van der Waals surface area contributed by atoms with Crippen LogP contribution >= 0.6 is 44.9 Å². The van der Waals surface area contributed by atoms with E-state index >= 15 is 0 Å². The molecule has 0 spiro atoms. The lowest BCUT2D eigenvalue weighted by Crippen LogP contribution is -2.52. The van der Waals surface area contributed by atoms with Gasteiger partial charge in [0.2, 0.25) is 5.60 Å². The minimum Gasteiger partial charge on any atom is -0.373 e. The van der Waals surface area contributed by atoms with Gasteiger partial charge in [-0.05, 0) is 41.6 Å². The summed E-state index contributed by atoms with van der Waals surface area (Å²) in [5, 5.41) is 10.7. The van der Waals surface area contributed by atoms with E-state index in [0.29, 0.717) is 0 Å². The Morgan fingerprint density at radius 3 is 2.27 bits per heavy atom. The van der Waals surface area contributed by atoms with Crippen molar-refractivity contribution in [2.45, 2.75) is 23.6 Å². The number of aliphatic hydroxyl groups is 1. The minimum absolute atomic E-state index is 0.0845. The van der Waals surface area contributed by atoms with E-state index in [0.717, 1.165) is 12.1 Å². The highest BCUT2D eigenvalue weighted by Gasteiger charge is 2.55. The lowest BCUT2D eigenvalue weighted by molar-refractivity contribution is -0.242. The molecule has 0 saturated heterocycles. The number of amides is 1. The highest BCUT2D eigenvalue weighted by molar-refractivity contribution is 14.1. The monoisotopic (exact) mass is 491 g/mol. The predicted molar refractivity (Wildman–Crippen MR) is 82.5 cm³/mol. The average Bonchev–Trinajstić information content (AvgIpc) is 2.31. The smallest absolute Gasteiger partial charge is 0.373 e. The van der Waals surface area contributed by atoms with Crippen molar-refractivity contribution in [1.29, 1.82) is 0 Å². The Kier molecular flexibility index (Phi) is 5.66. The van der Waals surface area contributed by atoms with Crippen LogP contribution in [0.4, 0.5) is 18.9 Å². The maximum absolute atomic E-state index is 12.5. The third kappa shape index (κ3) is 3.96. The quantitative estimate of drug-likeness (QED) is 0.502. The largest absolute Gasteiger partial charge is 0.426 e. The molecule has 22 heavy (non-hydrogen) atoms. The minimum atomic E-state index is -5.20. The molecule has 0 aliphatic heterocycles. The van der Waals surface area contributed by atoms with E-state index in [9.17, 15) is 31.5 Å². The summed E-state index contributed by atoms with van der Waals surface area (Å²) in [6.45, 7) is 0.277. The fraction of sp³-hybridized carbons (Fsp3) is 0.300. The fourth-order valence-corrected chi connectivity index (χ4v) is 4.12. The lowest BCUT2D eigenvalue weighted by Gasteiger charge is -2.25. The van der Waals surface area contributed by atoms with Crippen LogP contribution in [0.3, 0.4) is 0 Å². The normalized spacial score (nSPS) is 15.3. The van der Waals surface area contributed by atoms with E-state index < -0.39 is 26.7 Å². The zero-order valence-corrected chi connectivity index (χ0v) is 15.0. The molecule has 0 saturated carbocycles. The Hall–Kier alpha value is -0.300. The summed E-state index contributed by atoms with van der Waals surface area (Å²) in [5.74, 6) is -1.76. The number of anilines is 1. The Morgan fingerprint density at radius 2 is 1.86 bits per heavy atom. The molecule has 0 aromatic heterocycles. The summed E-state index contributed by atoms with van der Waals surface area (Å²) in [7, 11) is 1.04. The summed E-state index contributed by atoms with van der Waals surface area (Å²) >= 11 is 7.31. The number of halogens is 6. The van der Waals surface area contributed by atoms with Crippen molar-refractivity contribution >= 4 is 65.5 Å². The van der Waals surface area contributed by atoms with E-state index in [1.54, 1.807) is 5.32 Å². The molecule has 0 fully saturated rings. The lowest BCUT2D eigenvalue weighted by atomic mass is 10.1. The van der Waals surface area contributed by atoms with Gasteiger partial charge in [0.15, 0.2) is 0 Å². The van der Waals surface area contributed by atoms with E-state index in [1.807, 2.05) is 0 Å². The molecule has 0 bridgehead atoms. The average molecular weight is 492 g/mol. The molecular weight excluding hydrogens is 485 g/mol. The van der Waals surface area contributed by atoms with Crippen LogP contribution in [0.2, 0.25) is 5.02 Å². The van der Waals surface area contributed by atoms with Gasteiger partial charge in [-0.2, -0.15) is 13.2 Å². The standard InChI is InChI=1S/C10H7Cl2F3INO4S/c1-9(19,10(13,14)15)8(18)17-4-2-3-5(22(12,20)21)7(16)6(4)11/h2-3,19H,1H3,(H,17,18). The fourth-order valence-electron chi connectivity index (χ4n) is 1.19. The van der Waals surface area contributed by atoms with Gasteiger partial charge in [-0.25, -0.2) is 8.42 Å². The third-order valence-corrected chi connectivity index (χ3v) is 6.11. The maximum atomic E-state index is 12.5. The number of rotatable bonds is 3. The van der Waals surface area contributed by atoms with E-state index in [-0.39, 0.29) is 26.1 Å². The van der Waals surface area contributed by atoms with Crippen molar-refractivity contribution in [3.63, 3.8) is 0 Å². The first-order valence-electron chi connectivity index (χ1n) is 5.23. The Labute approximate surface area is 146 Å². The van der Waals surface area contributed by atoms with Crippen molar-refractivity contribution in [2.75, 3.05) is 5.32 Å². The van der Waals surface area contributed by atoms with Gasteiger partial charge in [-0.3, -0.25) is 4.79 Å².